The van der Waals surface area contributed by atoms with Gasteiger partial charge in [-0.05, 0) is 45.4 Å². The second-order valence-corrected chi connectivity index (χ2v) is 6.31. The lowest BCUT2D eigenvalue weighted by atomic mass is 9.70. The summed E-state index contributed by atoms with van der Waals surface area (Å²) in [5.41, 5.74) is 5.60. The lowest BCUT2D eigenvalue weighted by Crippen LogP contribution is -2.49. The number of amides is 1. The van der Waals surface area contributed by atoms with Crippen molar-refractivity contribution in [2.24, 2.45) is 17.1 Å². The van der Waals surface area contributed by atoms with Crippen LogP contribution in [0.4, 0.5) is 0 Å². The van der Waals surface area contributed by atoms with E-state index in [2.05, 4.69) is 6.92 Å². The number of carbonyl (C=O) groups is 1. The molecule has 0 aromatic rings. The Morgan fingerprint density at radius 2 is 2.00 bits per heavy atom. The van der Waals surface area contributed by atoms with Crippen molar-refractivity contribution in [3.8, 4) is 0 Å². The number of carbonyl (C=O) groups excluding carboxylic acids is 1. The molecule has 0 aromatic carbocycles. The van der Waals surface area contributed by atoms with E-state index in [9.17, 15) is 4.79 Å². The average molecular weight is 270 g/mol. The van der Waals surface area contributed by atoms with Crippen LogP contribution in [0.3, 0.4) is 0 Å². The summed E-state index contributed by atoms with van der Waals surface area (Å²) in [6.45, 7) is 7.97. The van der Waals surface area contributed by atoms with Gasteiger partial charge < -0.3 is 15.4 Å². The summed E-state index contributed by atoms with van der Waals surface area (Å²) in [6, 6.07) is 0. The molecular weight excluding hydrogens is 240 g/mol. The molecule has 0 bridgehead atoms. The molecule has 4 heteroatoms. The highest BCUT2D eigenvalue weighted by molar-refractivity contribution is 5.83. The summed E-state index contributed by atoms with van der Waals surface area (Å²) in [5, 5.41) is 0. The fraction of sp³-hybridized carbons (Fsp3) is 0.933. The quantitative estimate of drug-likeness (QED) is 0.803. The molecule has 0 radical (unpaired) electrons. The summed E-state index contributed by atoms with van der Waals surface area (Å²) in [4.78, 5) is 14.4. The van der Waals surface area contributed by atoms with Gasteiger partial charge in [0, 0.05) is 20.1 Å². The number of rotatable bonds is 6. The molecule has 0 heterocycles. The van der Waals surface area contributed by atoms with Gasteiger partial charge in [-0.2, -0.15) is 0 Å². The van der Waals surface area contributed by atoms with Gasteiger partial charge in [-0.1, -0.05) is 6.92 Å². The predicted molar refractivity (Wildman–Crippen MR) is 77.8 cm³/mol. The van der Waals surface area contributed by atoms with Gasteiger partial charge in [0.15, 0.2) is 0 Å². The van der Waals surface area contributed by atoms with Crippen LogP contribution in [0.25, 0.3) is 0 Å². The van der Waals surface area contributed by atoms with E-state index >= 15 is 0 Å². The minimum Gasteiger partial charge on any atom is -0.377 e. The van der Waals surface area contributed by atoms with Crippen LogP contribution < -0.4 is 5.73 Å². The largest absolute Gasteiger partial charge is 0.377 e. The summed E-state index contributed by atoms with van der Waals surface area (Å²) in [6.07, 6.45) is 4.29. The first kappa shape index (κ1) is 16.4. The van der Waals surface area contributed by atoms with Crippen LogP contribution in [0.2, 0.25) is 0 Å². The van der Waals surface area contributed by atoms with Crippen LogP contribution >= 0.6 is 0 Å². The van der Waals surface area contributed by atoms with Gasteiger partial charge in [0.2, 0.25) is 5.91 Å². The van der Waals surface area contributed by atoms with E-state index < -0.39 is 0 Å². The van der Waals surface area contributed by atoms with Crippen molar-refractivity contribution in [2.75, 3.05) is 26.7 Å². The van der Waals surface area contributed by atoms with Gasteiger partial charge in [0.25, 0.3) is 0 Å². The van der Waals surface area contributed by atoms with Crippen LogP contribution in [0.5, 0.6) is 0 Å². The van der Waals surface area contributed by atoms with E-state index in [-0.39, 0.29) is 17.4 Å². The molecule has 1 fully saturated rings. The number of likely N-dealkylation sites (N-methyl/N-ethyl adjacent to an activating group) is 1. The van der Waals surface area contributed by atoms with Crippen molar-refractivity contribution >= 4 is 5.91 Å². The van der Waals surface area contributed by atoms with Crippen molar-refractivity contribution in [2.45, 2.75) is 52.6 Å². The topological polar surface area (TPSA) is 55.6 Å². The summed E-state index contributed by atoms with van der Waals surface area (Å²) in [7, 11) is 1.86. The zero-order valence-electron chi connectivity index (χ0n) is 12.9. The predicted octanol–water partition coefficient (Wildman–Crippen LogP) is 2.02. The summed E-state index contributed by atoms with van der Waals surface area (Å²) >= 11 is 0. The average Bonchev–Trinajstić information content (AvgIpc) is 2.38. The fourth-order valence-electron chi connectivity index (χ4n) is 2.75. The van der Waals surface area contributed by atoms with E-state index in [1.807, 2.05) is 20.9 Å². The summed E-state index contributed by atoms with van der Waals surface area (Å²) in [5.74, 6) is 0.927. The maximum Gasteiger partial charge on any atom is 0.229 e. The molecule has 112 valence electrons. The van der Waals surface area contributed by atoms with Crippen molar-refractivity contribution in [1.82, 2.24) is 4.90 Å². The zero-order chi connectivity index (χ0) is 14.5. The zero-order valence-corrected chi connectivity index (χ0v) is 12.9. The van der Waals surface area contributed by atoms with E-state index in [1.165, 1.54) is 0 Å². The highest BCUT2D eigenvalue weighted by Gasteiger charge is 2.41. The Morgan fingerprint density at radius 1 is 1.42 bits per heavy atom. The second kappa shape index (κ2) is 7.25. The molecule has 1 aliphatic carbocycles. The van der Waals surface area contributed by atoms with Crippen LogP contribution in [-0.4, -0.2) is 43.7 Å². The van der Waals surface area contributed by atoms with E-state index in [4.69, 9.17) is 10.5 Å². The van der Waals surface area contributed by atoms with E-state index in [1.54, 1.807) is 4.90 Å². The Morgan fingerprint density at radius 3 is 2.47 bits per heavy atom. The molecule has 1 saturated carbocycles. The third kappa shape index (κ3) is 4.46. The normalized spacial score (nSPS) is 27.6. The molecular formula is C15H30N2O2. The number of hydrogen-bond acceptors (Lipinski definition) is 3. The Hall–Kier alpha value is -0.610. The van der Waals surface area contributed by atoms with Crippen LogP contribution in [0.1, 0.15) is 46.5 Å². The monoisotopic (exact) mass is 270 g/mol. The van der Waals surface area contributed by atoms with Crippen molar-refractivity contribution in [1.29, 1.82) is 0 Å². The molecule has 0 atom stereocenters. The Balaban J connectivity index is 2.53. The molecule has 0 aromatic heterocycles. The lowest BCUT2D eigenvalue weighted by molar-refractivity contribution is -0.143. The number of nitrogens with zero attached hydrogens (tertiary/aromatic N) is 1. The lowest BCUT2D eigenvalue weighted by Gasteiger charge is -2.39. The highest BCUT2D eigenvalue weighted by Crippen LogP contribution is 2.39. The third-order valence-corrected chi connectivity index (χ3v) is 4.30. The van der Waals surface area contributed by atoms with Gasteiger partial charge in [-0.25, -0.2) is 0 Å². The standard InChI is InChI=1S/C15H30N2O2/c1-12(2)19-10-9-17(4)14(18)15(11-16)7-5-13(3)6-8-15/h12-13H,5-11,16H2,1-4H3. The minimum absolute atomic E-state index is 0.203. The molecule has 1 aliphatic rings. The fourth-order valence-corrected chi connectivity index (χ4v) is 2.75. The maximum absolute atomic E-state index is 12.6. The van der Waals surface area contributed by atoms with Crippen molar-refractivity contribution < 1.29 is 9.53 Å². The molecule has 0 saturated heterocycles. The van der Waals surface area contributed by atoms with Gasteiger partial charge in [0.05, 0.1) is 18.1 Å². The van der Waals surface area contributed by atoms with E-state index in [0.717, 1.165) is 31.6 Å². The molecule has 1 rings (SSSR count). The van der Waals surface area contributed by atoms with E-state index in [0.29, 0.717) is 19.7 Å². The number of nitrogens with two attached hydrogens (primary N) is 1. The number of hydrogen-bond donors (Lipinski definition) is 1. The summed E-state index contributed by atoms with van der Waals surface area (Å²) < 4.78 is 5.51. The van der Waals surface area contributed by atoms with Crippen LogP contribution in [-0.2, 0) is 9.53 Å². The van der Waals surface area contributed by atoms with Crippen LogP contribution in [0.15, 0.2) is 0 Å². The minimum atomic E-state index is -0.320. The molecule has 4 nitrogen and oxygen atoms in total. The van der Waals surface area contributed by atoms with Crippen molar-refractivity contribution in [3.63, 3.8) is 0 Å². The molecule has 19 heavy (non-hydrogen) atoms. The Bertz CT molecular complexity index is 284. The first-order valence-electron chi connectivity index (χ1n) is 7.48. The van der Waals surface area contributed by atoms with Gasteiger partial charge in [0.1, 0.15) is 0 Å². The van der Waals surface area contributed by atoms with Gasteiger partial charge in [-0.15, -0.1) is 0 Å². The molecule has 0 aliphatic heterocycles. The molecule has 2 N–H and O–H groups in total. The number of ether oxygens (including phenoxy) is 1. The SMILES string of the molecule is CC1CCC(CN)(C(=O)N(C)CCOC(C)C)CC1. The van der Waals surface area contributed by atoms with Gasteiger partial charge >= 0.3 is 0 Å². The molecule has 0 unspecified atom stereocenters. The smallest absolute Gasteiger partial charge is 0.229 e. The Kier molecular flexibility index (Phi) is 6.27. The second-order valence-electron chi connectivity index (χ2n) is 6.31. The van der Waals surface area contributed by atoms with Crippen LogP contribution in [0, 0.1) is 11.3 Å². The van der Waals surface area contributed by atoms with Gasteiger partial charge in [-0.3, -0.25) is 4.79 Å². The highest BCUT2D eigenvalue weighted by atomic mass is 16.5. The first-order valence-corrected chi connectivity index (χ1v) is 7.48. The molecule has 0 spiro atoms. The molecule has 1 amide bonds. The Labute approximate surface area is 117 Å². The first-order chi connectivity index (χ1) is 8.91. The van der Waals surface area contributed by atoms with Crippen molar-refractivity contribution in [3.05, 3.63) is 0 Å². The maximum atomic E-state index is 12.6. The third-order valence-electron chi connectivity index (χ3n) is 4.30.